The molecule has 0 radical (unpaired) electrons. The number of carbonyl (C=O) groups excluding carboxylic acids is 1. The summed E-state index contributed by atoms with van der Waals surface area (Å²) in [5.74, 6) is 0.452. The van der Waals surface area contributed by atoms with Crippen LogP contribution in [0.3, 0.4) is 0 Å². The molecule has 0 heterocycles. The van der Waals surface area contributed by atoms with Crippen molar-refractivity contribution in [3.63, 3.8) is 0 Å². The number of benzene rings is 1. The molecule has 2 atom stereocenters. The van der Waals surface area contributed by atoms with Crippen molar-refractivity contribution in [2.45, 2.75) is 26.2 Å². The second-order valence-corrected chi connectivity index (χ2v) is 7.59. The lowest BCUT2D eigenvalue weighted by molar-refractivity contribution is -0.132. The fourth-order valence-corrected chi connectivity index (χ4v) is 3.24. The number of amides is 1. The Balaban J connectivity index is 0.00000242. The van der Waals surface area contributed by atoms with Crippen LogP contribution in [0.5, 0.6) is 0 Å². The number of nitrogens with zero attached hydrogens (tertiary/aromatic N) is 1. The van der Waals surface area contributed by atoms with E-state index in [1.807, 2.05) is 19.2 Å². The van der Waals surface area contributed by atoms with Crippen LogP contribution in [0.2, 0.25) is 10.0 Å². The SMILES string of the molecule is CN(CC(C)(C)CN)C(=O)C1CC1c1cc(Cl)cc(Cl)c1.Cl. The van der Waals surface area contributed by atoms with E-state index in [0.29, 0.717) is 23.1 Å². The van der Waals surface area contributed by atoms with Crippen LogP contribution in [-0.2, 0) is 4.79 Å². The molecule has 0 aromatic heterocycles. The first kappa shape index (κ1) is 19.6. The Morgan fingerprint density at radius 1 is 1.32 bits per heavy atom. The lowest BCUT2D eigenvalue weighted by Gasteiger charge is -2.29. The lowest BCUT2D eigenvalue weighted by Crippen LogP contribution is -2.40. The molecule has 0 saturated heterocycles. The molecule has 124 valence electrons. The molecule has 3 nitrogen and oxygen atoms in total. The first-order chi connectivity index (χ1) is 9.73. The minimum atomic E-state index is -0.0613. The van der Waals surface area contributed by atoms with Crippen LogP contribution in [-0.4, -0.2) is 30.9 Å². The zero-order valence-corrected chi connectivity index (χ0v) is 15.4. The van der Waals surface area contributed by atoms with Gasteiger partial charge in [-0.05, 0) is 48.1 Å². The van der Waals surface area contributed by atoms with E-state index < -0.39 is 0 Å². The molecule has 1 aliphatic rings. The number of nitrogens with two attached hydrogens (primary N) is 1. The van der Waals surface area contributed by atoms with Gasteiger partial charge in [0.1, 0.15) is 0 Å². The fourth-order valence-electron chi connectivity index (χ4n) is 2.69. The van der Waals surface area contributed by atoms with Crippen molar-refractivity contribution >= 4 is 41.5 Å². The Kier molecular flexibility index (Phi) is 6.58. The fraction of sp³-hybridized carbons (Fsp3) is 0.562. The van der Waals surface area contributed by atoms with Crippen LogP contribution < -0.4 is 5.73 Å². The van der Waals surface area contributed by atoms with Gasteiger partial charge in [-0.1, -0.05) is 37.0 Å². The van der Waals surface area contributed by atoms with Gasteiger partial charge in [0.05, 0.1) is 0 Å². The van der Waals surface area contributed by atoms with Crippen molar-refractivity contribution in [2.24, 2.45) is 17.1 Å². The summed E-state index contributed by atoms with van der Waals surface area (Å²) >= 11 is 12.0. The topological polar surface area (TPSA) is 46.3 Å². The van der Waals surface area contributed by atoms with Gasteiger partial charge in [0.25, 0.3) is 0 Å². The van der Waals surface area contributed by atoms with Crippen LogP contribution in [0.4, 0.5) is 0 Å². The lowest BCUT2D eigenvalue weighted by atomic mass is 9.93. The highest BCUT2D eigenvalue weighted by Gasteiger charge is 2.45. The summed E-state index contributed by atoms with van der Waals surface area (Å²) in [6.07, 6.45) is 0.864. The van der Waals surface area contributed by atoms with Gasteiger partial charge in [0.2, 0.25) is 5.91 Å². The molecule has 22 heavy (non-hydrogen) atoms. The van der Waals surface area contributed by atoms with Crippen LogP contribution in [0, 0.1) is 11.3 Å². The molecule has 0 bridgehead atoms. The average Bonchev–Trinajstić information content (AvgIpc) is 3.16. The molecular formula is C16H23Cl3N2O. The third-order valence-corrected chi connectivity index (χ3v) is 4.45. The van der Waals surface area contributed by atoms with Crippen molar-refractivity contribution in [2.75, 3.05) is 20.1 Å². The summed E-state index contributed by atoms with van der Waals surface area (Å²) in [6, 6.07) is 5.51. The highest BCUT2D eigenvalue weighted by molar-refractivity contribution is 6.34. The van der Waals surface area contributed by atoms with Crippen LogP contribution in [0.25, 0.3) is 0 Å². The third kappa shape index (κ3) is 4.76. The van der Waals surface area contributed by atoms with Gasteiger partial charge in [-0.2, -0.15) is 0 Å². The van der Waals surface area contributed by atoms with Crippen molar-refractivity contribution in [3.05, 3.63) is 33.8 Å². The van der Waals surface area contributed by atoms with Crippen LogP contribution in [0.15, 0.2) is 18.2 Å². The van der Waals surface area contributed by atoms with Crippen molar-refractivity contribution in [1.82, 2.24) is 4.90 Å². The summed E-state index contributed by atoms with van der Waals surface area (Å²) in [7, 11) is 1.85. The van der Waals surface area contributed by atoms with Gasteiger partial charge in [0.15, 0.2) is 0 Å². The van der Waals surface area contributed by atoms with E-state index in [2.05, 4.69) is 13.8 Å². The number of rotatable bonds is 5. The zero-order valence-electron chi connectivity index (χ0n) is 13.1. The molecule has 1 aromatic rings. The molecule has 1 saturated carbocycles. The highest BCUT2D eigenvalue weighted by atomic mass is 35.5. The smallest absolute Gasteiger partial charge is 0.226 e. The van der Waals surface area contributed by atoms with Crippen molar-refractivity contribution < 1.29 is 4.79 Å². The second kappa shape index (κ2) is 7.39. The largest absolute Gasteiger partial charge is 0.345 e. The maximum Gasteiger partial charge on any atom is 0.226 e. The maximum absolute atomic E-state index is 12.5. The monoisotopic (exact) mass is 364 g/mol. The zero-order chi connectivity index (χ0) is 15.8. The molecule has 1 amide bonds. The maximum atomic E-state index is 12.5. The van der Waals surface area contributed by atoms with E-state index in [-0.39, 0.29) is 35.6 Å². The Bertz CT molecular complexity index is 528. The molecule has 2 unspecified atom stereocenters. The third-order valence-electron chi connectivity index (χ3n) is 4.01. The Hall–Kier alpha value is -0.480. The summed E-state index contributed by atoms with van der Waals surface area (Å²) in [6.45, 7) is 5.36. The summed E-state index contributed by atoms with van der Waals surface area (Å²) in [5, 5.41) is 1.24. The van der Waals surface area contributed by atoms with E-state index >= 15 is 0 Å². The molecule has 1 aliphatic carbocycles. The number of halogens is 3. The van der Waals surface area contributed by atoms with E-state index in [0.717, 1.165) is 12.0 Å². The summed E-state index contributed by atoms with van der Waals surface area (Å²) in [5.41, 5.74) is 6.72. The van der Waals surface area contributed by atoms with Crippen molar-refractivity contribution in [1.29, 1.82) is 0 Å². The van der Waals surface area contributed by atoms with Gasteiger partial charge in [-0.3, -0.25) is 4.79 Å². The summed E-state index contributed by atoms with van der Waals surface area (Å²) in [4.78, 5) is 14.3. The number of carbonyl (C=O) groups is 1. The molecule has 2 rings (SSSR count). The second-order valence-electron chi connectivity index (χ2n) is 6.71. The Morgan fingerprint density at radius 2 is 1.86 bits per heavy atom. The van der Waals surface area contributed by atoms with Gasteiger partial charge in [-0.15, -0.1) is 12.4 Å². The molecule has 2 N–H and O–H groups in total. The van der Waals surface area contributed by atoms with E-state index in [9.17, 15) is 4.79 Å². The van der Waals surface area contributed by atoms with Gasteiger partial charge in [-0.25, -0.2) is 0 Å². The normalized spacial score (nSPS) is 20.3. The van der Waals surface area contributed by atoms with E-state index in [4.69, 9.17) is 28.9 Å². The van der Waals surface area contributed by atoms with Gasteiger partial charge >= 0.3 is 0 Å². The van der Waals surface area contributed by atoms with Crippen LogP contribution >= 0.6 is 35.6 Å². The molecular weight excluding hydrogens is 343 g/mol. The van der Waals surface area contributed by atoms with Crippen LogP contribution in [0.1, 0.15) is 31.7 Å². The minimum Gasteiger partial charge on any atom is -0.345 e. The van der Waals surface area contributed by atoms with Gasteiger partial charge in [0, 0.05) is 29.6 Å². The average molecular weight is 366 g/mol. The Morgan fingerprint density at radius 3 is 2.36 bits per heavy atom. The molecule has 0 aliphatic heterocycles. The first-order valence-corrected chi connectivity index (χ1v) is 7.90. The predicted octanol–water partition coefficient (Wildman–Crippen LogP) is 3.96. The van der Waals surface area contributed by atoms with E-state index in [1.165, 1.54) is 0 Å². The van der Waals surface area contributed by atoms with Crippen molar-refractivity contribution in [3.8, 4) is 0 Å². The molecule has 1 aromatic carbocycles. The molecule has 0 spiro atoms. The van der Waals surface area contributed by atoms with Gasteiger partial charge < -0.3 is 10.6 Å². The number of hydrogen-bond acceptors (Lipinski definition) is 2. The molecule has 6 heteroatoms. The number of hydrogen-bond donors (Lipinski definition) is 1. The minimum absolute atomic E-state index is 0. The van der Waals surface area contributed by atoms with E-state index in [1.54, 1.807) is 11.0 Å². The summed E-state index contributed by atoms with van der Waals surface area (Å²) < 4.78 is 0. The standard InChI is InChI=1S/C16H22Cl2N2O.ClH/c1-16(2,8-19)9-20(3)15(21)14-7-13(14)10-4-11(17)6-12(18)5-10;/h4-6,13-14H,7-9,19H2,1-3H3;1H. The molecule has 1 fully saturated rings. The Labute approximate surface area is 148 Å². The quantitative estimate of drug-likeness (QED) is 0.858. The highest BCUT2D eigenvalue weighted by Crippen LogP contribution is 2.49. The first-order valence-electron chi connectivity index (χ1n) is 7.14. The predicted molar refractivity (Wildman–Crippen MR) is 95.0 cm³/mol.